The molecule has 0 N–H and O–H groups in total. The second kappa shape index (κ2) is 7.85. The summed E-state index contributed by atoms with van der Waals surface area (Å²) in [5.74, 6) is 1.03. The second-order valence-electron chi connectivity index (χ2n) is 6.74. The van der Waals surface area contributed by atoms with E-state index < -0.39 is 0 Å². The Bertz CT molecular complexity index is 747. The number of morpholine rings is 1. The third-order valence-corrected chi connectivity index (χ3v) is 4.56. The molecule has 0 spiro atoms. The van der Waals surface area contributed by atoms with Crippen LogP contribution in [0.5, 0.6) is 5.75 Å². The van der Waals surface area contributed by atoms with Gasteiger partial charge in [0.2, 0.25) is 5.91 Å². The zero-order valence-electron chi connectivity index (χ0n) is 15.2. The number of amides is 1. The second-order valence-corrected chi connectivity index (χ2v) is 6.74. The van der Waals surface area contributed by atoms with Gasteiger partial charge in [-0.15, -0.1) is 0 Å². The summed E-state index contributed by atoms with van der Waals surface area (Å²) in [5.41, 5.74) is 1.20. The summed E-state index contributed by atoms with van der Waals surface area (Å²) in [4.78, 5) is 16.4. The Labute approximate surface area is 149 Å². The molecule has 2 aromatic carbocycles. The van der Waals surface area contributed by atoms with Gasteiger partial charge in [0.15, 0.2) is 0 Å². The van der Waals surface area contributed by atoms with E-state index in [4.69, 9.17) is 9.47 Å². The molecule has 0 bridgehead atoms. The molecule has 0 saturated carbocycles. The number of carbonyl (C=O) groups is 1. The molecule has 3 rings (SSSR count). The first-order valence-electron chi connectivity index (χ1n) is 8.70. The zero-order chi connectivity index (χ0) is 17.8. The maximum atomic E-state index is 12.4. The van der Waals surface area contributed by atoms with E-state index in [-0.39, 0.29) is 12.0 Å². The van der Waals surface area contributed by atoms with Gasteiger partial charge in [0.1, 0.15) is 5.75 Å². The lowest BCUT2D eigenvalue weighted by Gasteiger charge is -2.32. The van der Waals surface area contributed by atoms with Crippen LogP contribution in [0.25, 0.3) is 10.8 Å². The molecule has 0 aliphatic carbocycles. The van der Waals surface area contributed by atoms with Gasteiger partial charge in [-0.3, -0.25) is 9.69 Å². The van der Waals surface area contributed by atoms with E-state index in [1.807, 2.05) is 31.0 Å². The van der Waals surface area contributed by atoms with Gasteiger partial charge in [0, 0.05) is 19.6 Å². The van der Waals surface area contributed by atoms with Crippen LogP contribution in [0.3, 0.4) is 0 Å². The summed E-state index contributed by atoms with van der Waals surface area (Å²) >= 11 is 0. The molecule has 1 aliphatic rings. The zero-order valence-corrected chi connectivity index (χ0v) is 15.2. The van der Waals surface area contributed by atoms with Crippen molar-refractivity contribution in [3.63, 3.8) is 0 Å². The van der Waals surface area contributed by atoms with Crippen molar-refractivity contribution in [2.75, 3.05) is 40.4 Å². The van der Waals surface area contributed by atoms with Crippen molar-refractivity contribution < 1.29 is 14.3 Å². The Hall–Kier alpha value is -2.11. The molecule has 0 aromatic heterocycles. The molecule has 0 radical (unpaired) electrons. The van der Waals surface area contributed by atoms with Crippen molar-refractivity contribution in [1.82, 2.24) is 9.80 Å². The number of ether oxygens (including phenoxy) is 2. The van der Waals surface area contributed by atoms with E-state index in [1.165, 1.54) is 10.9 Å². The fourth-order valence-corrected chi connectivity index (χ4v) is 3.24. The predicted octanol–water partition coefficient (Wildman–Crippen LogP) is 2.53. The number of hydrogen-bond acceptors (Lipinski definition) is 4. The minimum absolute atomic E-state index is 0.125. The van der Waals surface area contributed by atoms with Gasteiger partial charge in [-0.05, 0) is 48.5 Å². The first-order valence-corrected chi connectivity index (χ1v) is 8.70. The SMILES string of the molecule is COc1ccc2cc(CN(C)CC(=O)N3CCOC(C)C3)ccc2c1. The van der Waals surface area contributed by atoms with Crippen LogP contribution >= 0.6 is 0 Å². The number of hydrogen-bond donors (Lipinski definition) is 0. The van der Waals surface area contributed by atoms with E-state index in [1.54, 1.807) is 7.11 Å². The summed E-state index contributed by atoms with van der Waals surface area (Å²) in [6.07, 6.45) is 0.125. The number of likely N-dealkylation sites (N-methyl/N-ethyl adjacent to an activating group) is 1. The smallest absolute Gasteiger partial charge is 0.236 e. The maximum absolute atomic E-state index is 12.4. The van der Waals surface area contributed by atoms with Crippen molar-refractivity contribution in [3.05, 3.63) is 42.0 Å². The monoisotopic (exact) mass is 342 g/mol. The van der Waals surface area contributed by atoms with Crippen molar-refractivity contribution in [2.45, 2.75) is 19.6 Å². The Morgan fingerprint density at radius 2 is 2.04 bits per heavy atom. The van der Waals surface area contributed by atoms with Crippen molar-refractivity contribution in [1.29, 1.82) is 0 Å². The highest BCUT2D eigenvalue weighted by Crippen LogP contribution is 2.22. The van der Waals surface area contributed by atoms with E-state index >= 15 is 0 Å². The standard InChI is InChI=1S/C20H26N2O3/c1-15-12-22(8-9-25-15)20(23)14-21(2)13-16-4-5-18-11-19(24-3)7-6-17(18)10-16/h4-7,10-11,15H,8-9,12-14H2,1-3H3. The molecule has 1 aliphatic heterocycles. The van der Waals surface area contributed by atoms with Gasteiger partial charge in [0.05, 0.1) is 26.4 Å². The molecule has 5 nitrogen and oxygen atoms in total. The maximum Gasteiger partial charge on any atom is 0.236 e. The minimum atomic E-state index is 0.125. The lowest BCUT2D eigenvalue weighted by Crippen LogP contribution is -2.47. The molecule has 1 heterocycles. The molecular formula is C20H26N2O3. The quantitative estimate of drug-likeness (QED) is 0.837. The first-order chi connectivity index (χ1) is 12.0. The molecule has 25 heavy (non-hydrogen) atoms. The van der Waals surface area contributed by atoms with Crippen LogP contribution in [-0.4, -0.2) is 62.2 Å². The molecule has 134 valence electrons. The van der Waals surface area contributed by atoms with Crippen LogP contribution in [0.4, 0.5) is 0 Å². The highest BCUT2D eigenvalue weighted by Gasteiger charge is 2.22. The number of rotatable bonds is 5. The van der Waals surface area contributed by atoms with Gasteiger partial charge in [-0.1, -0.05) is 18.2 Å². The van der Waals surface area contributed by atoms with Crippen LogP contribution in [-0.2, 0) is 16.1 Å². The van der Waals surface area contributed by atoms with E-state index in [9.17, 15) is 4.79 Å². The van der Waals surface area contributed by atoms with Gasteiger partial charge in [-0.2, -0.15) is 0 Å². The number of nitrogens with zero attached hydrogens (tertiary/aromatic N) is 2. The van der Waals surface area contributed by atoms with Crippen LogP contribution in [0, 0.1) is 0 Å². The fourth-order valence-electron chi connectivity index (χ4n) is 3.24. The third-order valence-electron chi connectivity index (χ3n) is 4.56. The average Bonchev–Trinajstić information content (AvgIpc) is 2.61. The van der Waals surface area contributed by atoms with Crippen molar-refractivity contribution >= 4 is 16.7 Å². The molecule has 1 atom stereocenters. The molecular weight excluding hydrogens is 316 g/mol. The van der Waals surface area contributed by atoms with Crippen LogP contribution in [0.1, 0.15) is 12.5 Å². The normalized spacial score (nSPS) is 17.9. The van der Waals surface area contributed by atoms with Crippen LogP contribution in [0.2, 0.25) is 0 Å². The van der Waals surface area contributed by atoms with Crippen molar-refractivity contribution in [3.8, 4) is 5.75 Å². The average molecular weight is 342 g/mol. The van der Waals surface area contributed by atoms with Crippen LogP contribution in [0.15, 0.2) is 36.4 Å². The van der Waals surface area contributed by atoms with Crippen LogP contribution < -0.4 is 4.74 Å². The fraction of sp³-hybridized carbons (Fsp3) is 0.450. The largest absolute Gasteiger partial charge is 0.497 e. The van der Waals surface area contributed by atoms with Crippen molar-refractivity contribution in [2.24, 2.45) is 0 Å². The Morgan fingerprint density at radius 1 is 1.28 bits per heavy atom. The summed E-state index contributed by atoms with van der Waals surface area (Å²) < 4.78 is 10.8. The highest BCUT2D eigenvalue weighted by atomic mass is 16.5. The molecule has 1 unspecified atom stereocenters. The summed E-state index contributed by atoms with van der Waals surface area (Å²) in [7, 11) is 3.66. The number of benzene rings is 2. The topological polar surface area (TPSA) is 42.0 Å². The van der Waals surface area contributed by atoms with E-state index in [2.05, 4.69) is 29.2 Å². The highest BCUT2D eigenvalue weighted by molar-refractivity contribution is 5.84. The van der Waals surface area contributed by atoms with Gasteiger partial charge >= 0.3 is 0 Å². The summed E-state index contributed by atoms with van der Waals surface area (Å²) in [5, 5.41) is 2.34. The first kappa shape index (κ1) is 17.7. The third kappa shape index (κ3) is 4.50. The Balaban J connectivity index is 1.61. The molecule has 5 heteroatoms. The van der Waals surface area contributed by atoms with Gasteiger partial charge < -0.3 is 14.4 Å². The van der Waals surface area contributed by atoms with Gasteiger partial charge in [-0.25, -0.2) is 0 Å². The molecule has 1 fully saturated rings. The number of carbonyl (C=O) groups excluding carboxylic acids is 1. The van der Waals surface area contributed by atoms with E-state index in [0.717, 1.165) is 17.7 Å². The number of methoxy groups -OCH3 is 1. The Kier molecular flexibility index (Phi) is 5.56. The molecule has 1 amide bonds. The minimum Gasteiger partial charge on any atom is -0.497 e. The van der Waals surface area contributed by atoms with E-state index in [0.29, 0.717) is 26.2 Å². The molecule has 2 aromatic rings. The number of fused-ring (bicyclic) bond motifs is 1. The summed E-state index contributed by atoms with van der Waals surface area (Å²) in [6.45, 7) is 5.18. The summed E-state index contributed by atoms with van der Waals surface area (Å²) in [6, 6.07) is 12.5. The van der Waals surface area contributed by atoms with Gasteiger partial charge in [0.25, 0.3) is 0 Å². The predicted molar refractivity (Wildman–Crippen MR) is 98.8 cm³/mol. The lowest BCUT2D eigenvalue weighted by molar-refractivity contribution is -0.139. The molecule has 1 saturated heterocycles. The lowest BCUT2D eigenvalue weighted by atomic mass is 10.1. The Morgan fingerprint density at radius 3 is 2.80 bits per heavy atom.